The maximum absolute atomic E-state index is 11.9. The van der Waals surface area contributed by atoms with E-state index in [2.05, 4.69) is 5.10 Å². The van der Waals surface area contributed by atoms with Crippen molar-refractivity contribution in [3.63, 3.8) is 0 Å². The van der Waals surface area contributed by atoms with Gasteiger partial charge in [-0.3, -0.25) is 9.35 Å². The van der Waals surface area contributed by atoms with Gasteiger partial charge in [-0.05, 0) is 26.0 Å². The van der Waals surface area contributed by atoms with Gasteiger partial charge in [0, 0.05) is 5.71 Å². The lowest BCUT2D eigenvalue weighted by molar-refractivity contribution is -0.119. The van der Waals surface area contributed by atoms with Gasteiger partial charge in [0.25, 0.3) is 16.0 Å². The summed E-state index contributed by atoms with van der Waals surface area (Å²) in [5.74, 6) is -0.706. The van der Waals surface area contributed by atoms with Crippen LogP contribution in [0.15, 0.2) is 34.3 Å². The van der Waals surface area contributed by atoms with Gasteiger partial charge in [-0.25, -0.2) is 0 Å². The van der Waals surface area contributed by atoms with Gasteiger partial charge in [0.15, 0.2) is 0 Å². The van der Waals surface area contributed by atoms with Gasteiger partial charge >= 0.3 is 0 Å². The number of rotatable bonds is 2. The van der Waals surface area contributed by atoms with Crippen LogP contribution in [0.25, 0.3) is 0 Å². The summed E-state index contributed by atoms with van der Waals surface area (Å²) in [6.07, 6.45) is 0. The Hall–Kier alpha value is -1.73. The van der Waals surface area contributed by atoms with Crippen molar-refractivity contribution in [1.82, 2.24) is 0 Å². The fraction of sp³-hybridized carbons (Fsp3) is 0.273. The molecule has 0 spiro atoms. The average molecular weight is 268 g/mol. The lowest BCUT2D eigenvalue weighted by Gasteiger charge is -2.15. The predicted molar refractivity (Wildman–Crippen MR) is 66.0 cm³/mol. The van der Waals surface area contributed by atoms with E-state index in [4.69, 9.17) is 4.55 Å². The second-order valence-corrected chi connectivity index (χ2v) is 5.45. The molecule has 0 fully saturated rings. The fourth-order valence-electron chi connectivity index (χ4n) is 1.68. The molecule has 96 valence electrons. The third-order valence-corrected chi connectivity index (χ3v) is 3.74. The van der Waals surface area contributed by atoms with E-state index >= 15 is 0 Å². The molecular weight excluding hydrogens is 256 g/mol. The Morgan fingerprint density at radius 2 is 1.94 bits per heavy atom. The van der Waals surface area contributed by atoms with Crippen molar-refractivity contribution in [2.75, 3.05) is 5.01 Å². The van der Waals surface area contributed by atoms with Gasteiger partial charge in [-0.2, -0.15) is 18.5 Å². The Kier molecular flexibility index (Phi) is 2.95. The Morgan fingerprint density at radius 3 is 2.44 bits per heavy atom. The maximum Gasteiger partial charge on any atom is 0.296 e. The minimum Gasteiger partial charge on any atom is -0.282 e. The zero-order valence-electron chi connectivity index (χ0n) is 9.86. The molecule has 1 heterocycles. The first-order valence-corrected chi connectivity index (χ1v) is 6.72. The molecule has 0 aromatic heterocycles. The number of anilines is 1. The molecule has 0 saturated carbocycles. The van der Waals surface area contributed by atoms with Gasteiger partial charge in [-0.1, -0.05) is 12.1 Å². The van der Waals surface area contributed by atoms with E-state index in [1.807, 2.05) is 0 Å². The van der Waals surface area contributed by atoms with Crippen LogP contribution in [0.1, 0.15) is 13.8 Å². The molecule has 1 unspecified atom stereocenters. The van der Waals surface area contributed by atoms with Crippen molar-refractivity contribution < 1.29 is 17.8 Å². The topological polar surface area (TPSA) is 87.0 Å². The fourth-order valence-corrected chi connectivity index (χ4v) is 2.35. The molecule has 0 aliphatic carbocycles. The van der Waals surface area contributed by atoms with Crippen molar-refractivity contribution in [1.29, 1.82) is 0 Å². The molecule has 2 rings (SSSR count). The molecule has 1 aromatic rings. The SMILES string of the molecule is CC1=NN(c2ccccc2S(=O)(=O)O)C(=O)C1C. The second-order valence-electron chi connectivity index (χ2n) is 4.06. The predicted octanol–water partition coefficient (Wildman–Crippen LogP) is 1.29. The van der Waals surface area contributed by atoms with Crippen LogP contribution in [0, 0.1) is 5.92 Å². The van der Waals surface area contributed by atoms with Crippen molar-refractivity contribution in [3.05, 3.63) is 24.3 Å². The number of hydrogen-bond donors (Lipinski definition) is 1. The van der Waals surface area contributed by atoms with E-state index in [0.717, 1.165) is 5.01 Å². The molecule has 0 bridgehead atoms. The van der Waals surface area contributed by atoms with E-state index in [1.54, 1.807) is 19.9 Å². The Balaban J connectivity index is 2.58. The quantitative estimate of drug-likeness (QED) is 0.819. The Morgan fingerprint density at radius 1 is 1.33 bits per heavy atom. The molecule has 0 radical (unpaired) electrons. The molecule has 1 aromatic carbocycles. The summed E-state index contributed by atoms with van der Waals surface area (Å²) in [7, 11) is -4.39. The van der Waals surface area contributed by atoms with E-state index in [1.165, 1.54) is 18.2 Å². The lowest BCUT2D eigenvalue weighted by atomic mass is 10.1. The minimum atomic E-state index is -4.39. The standard InChI is InChI=1S/C11H12N2O4S/c1-7-8(2)12-13(11(7)14)9-5-3-4-6-10(9)18(15,16)17/h3-7H,1-2H3,(H,15,16,17). The number of hydrogen-bond acceptors (Lipinski definition) is 4. The van der Waals surface area contributed by atoms with Crippen LogP contribution in [0.4, 0.5) is 5.69 Å². The normalized spacial score (nSPS) is 20.2. The number of para-hydroxylation sites is 1. The smallest absolute Gasteiger partial charge is 0.282 e. The molecule has 1 atom stereocenters. The second kappa shape index (κ2) is 4.18. The van der Waals surface area contributed by atoms with E-state index in [0.29, 0.717) is 5.71 Å². The summed E-state index contributed by atoms with van der Waals surface area (Å²) in [6, 6.07) is 5.69. The highest BCUT2D eigenvalue weighted by atomic mass is 32.2. The summed E-state index contributed by atoms with van der Waals surface area (Å²) in [5, 5.41) is 5.04. The van der Waals surface area contributed by atoms with Crippen molar-refractivity contribution in [2.24, 2.45) is 11.0 Å². The van der Waals surface area contributed by atoms with Crippen LogP contribution in [0.5, 0.6) is 0 Å². The zero-order chi connectivity index (χ0) is 13.5. The molecule has 6 nitrogen and oxygen atoms in total. The van der Waals surface area contributed by atoms with Gasteiger partial charge in [0.1, 0.15) is 4.90 Å². The highest BCUT2D eigenvalue weighted by Gasteiger charge is 2.33. The number of hydrazone groups is 1. The first kappa shape index (κ1) is 12.7. The van der Waals surface area contributed by atoms with Gasteiger partial charge in [-0.15, -0.1) is 0 Å². The molecule has 18 heavy (non-hydrogen) atoms. The van der Waals surface area contributed by atoms with Crippen LogP contribution in [0.2, 0.25) is 0 Å². The van der Waals surface area contributed by atoms with E-state index < -0.39 is 10.1 Å². The van der Waals surface area contributed by atoms with Gasteiger partial charge in [0.05, 0.1) is 11.6 Å². The number of carbonyl (C=O) groups is 1. The maximum atomic E-state index is 11.9. The zero-order valence-corrected chi connectivity index (χ0v) is 10.7. The highest BCUT2D eigenvalue weighted by molar-refractivity contribution is 7.86. The van der Waals surface area contributed by atoms with Gasteiger partial charge in [0.2, 0.25) is 0 Å². The first-order valence-electron chi connectivity index (χ1n) is 5.28. The Bertz CT molecular complexity index is 636. The highest BCUT2D eigenvalue weighted by Crippen LogP contribution is 2.29. The van der Waals surface area contributed by atoms with E-state index in [-0.39, 0.29) is 22.4 Å². The summed E-state index contributed by atoms with van der Waals surface area (Å²) in [6.45, 7) is 3.38. The number of nitrogens with zero attached hydrogens (tertiary/aromatic N) is 2. The summed E-state index contributed by atoms with van der Waals surface area (Å²) in [4.78, 5) is 11.6. The summed E-state index contributed by atoms with van der Waals surface area (Å²) >= 11 is 0. The molecule has 1 aliphatic heterocycles. The molecule has 7 heteroatoms. The summed E-state index contributed by atoms with van der Waals surface area (Å²) < 4.78 is 31.6. The van der Waals surface area contributed by atoms with Crippen LogP contribution in [0.3, 0.4) is 0 Å². The van der Waals surface area contributed by atoms with Crippen molar-refractivity contribution in [3.8, 4) is 0 Å². The van der Waals surface area contributed by atoms with Crippen LogP contribution < -0.4 is 5.01 Å². The number of amides is 1. The number of benzene rings is 1. The van der Waals surface area contributed by atoms with Crippen LogP contribution in [-0.4, -0.2) is 24.6 Å². The third kappa shape index (κ3) is 2.02. The van der Waals surface area contributed by atoms with Crippen LogP contribution in [-0.2, 0) is 14.9 Å². The number of carbonyl (C=O) groups excluding carboxylic acids is 1. The van der Waals surface area contributed by atoms with Crippen molar-refractivity contribution in [2.45, 2.75) is 18.7 Å². The van der Waals surface area contributed by atoms with Crippen LogP contribution >= 0.6 is 0 Å². The molecule has 1 N–H and O–H groups in total. The largest absolute Gasteiger partial charge is 0.296 e. The van der Waals surface area contributed by atoms with Gasteiger partial charge < -0.3 is 0 Å². The Labute approximate surface area is 105 Å². The molecule has 0 saturated heterocycles. The van der Waals surface area contributed by atoms with E-state index in [9.17, 15) is 13.2 Å². The van der Waals surface area contributed by atoms with Crippen molar-refractivity contribution >= 4 is 27.4 Å². The average Bonchev–Trinajstić information content (AvgIpc) is 2.56. The first-order chi connectivity index (χ1) is 8.32. The summed E-state index contributed by atoms with van der Waals surface area (Å²) in [5.41, 5.74) is 0.666. The third-order valence-electron chi connectivity index (χ3n) is 2.83. The lowest BCUT2D eigenvalue weighted by Crippen LogP contribution is -2.26. The monoisotopic (exact) mass is 268 g/mol. The minimum absolute atomic E-state index is 0.0636. The molecule has 1 aliphatic rings. The molecular formula is C11H12N2O4S. The molecule has 1 amide bonds.